The van der Waals surface area contributed by atoms with E-state index in [1.807, 2.05) is 5.32 Å². The smallest absolute Gasteiger partial charge is 0.411 e. The van der Waals surface area contributed by atoms with Gasteiger partial charge < -0.3 is 36.4 Å². The molecule has 0 aliphatic rings. The first-order valence-corrected chi connectivity index (χ1v) is 15.7. The van der Waals surface area contributed by atoms with Gasteiger partial charge in [0, 0.05) is 11.1 Å². The molecule has 284 valence electrons. The number of alkyl halides is 6. The minimum Gasteiger partial charge on any atom is -0.506 e. The summed E-state index contributed by atoms with van der Waals surface area (Å²) in [5.41, 5.74) is -10.5. The van der Waals surface area contributed by atoms with Crippen molar-refractivity contribution in [1.29, 1.82) is 2.86 Å². The van der Waals surface area contributed by atoms with Crippen LogP contribution in [0.5, 0.6) is 17.2 Å². The third-order valence-corrected chi connectivity index (χ3v) is 8.36. The molecule has 0 saturated heterocycles. The number of aromatic carboxylic acids is 1. The molecule has 3 amide bonds. The molecule has 5 aromatic rings. The molecule has 5 rings (SSSR count). The molecule has 0 unspecified atom stereocenters. The zero-order valence-corrected chi connectivity index (χ0v) is 27.9. The zero-order chi connectivity index (χ0) is 41.9. The van der Waals surface area contributed by atoms with E-state index in [1.165, 1.54) is 42.5 Å². The van der Waals surface area contributed by atoms with Crippen LogP contribution in [0.3, 0.4) is 0 Å². The van der Waals surface area contributed by atoms with Gasteiger partial charge in [0.2, 0.25) is 5.41 Å². The van der Waals surface area contributed by atoms with Crippen molar-refractivity contribution in [3.8, 4) is 17.2 Å². The Balaban J connectivity index is 1.54. The molecule has 0 fully saturated rings. The summed E-state index contributed by atoms with van der Waals surface area (Å²) >= 11 is 0. The number of nitrogens with one attached hydrogen (secondary N) is 3. The number of rotatable bonds is 11. The van der Waals surface area contributed by atoms with Crippen molar-refractivity contribution in [3.63, 3.8) is 0 Å². The molecule has 0 bridgehead atoms. The second kappa shape index (κ2) is 14.8. The van der Waals surface area contributed by atoms with E-state index < -0.39 is 86.6 Å². The molecule has 17 heteroatoms. The van der Waals surface area contributed by atoms with Gasteiger partial charge in [0.1, 0.15) is 17.2 Å². The summed E-state index contributed by atoms with van der Waals surface area (Å²) in [6, 6.07) is 16.1. The SMILES string of the molecule is [2H]Oc1ccc(C)cc1NC(=O)c1cccc(C(=O)Nc2cc(C(c3ccc(O[2H])c(NC(=O)c4ccccc4C(=O)O)c3)(C(F)(F)F)C(F)(F)F)ccc2O)c1. The lowest BCUT2D eigenvalue weighted by Crippen LogP contribution is -2.54. The van der Waals surface area contributed by atoms with Crippen molar-refractivity contribution in [2.75, 3.05) is 16.0 Å². The van der Waals surface area contributed by atoms with Crippen molar-refractivity contribution in [1.82, 2.24) is 0 Å². The number of aryl methyl sites for hydroxylation is 1. The molecule has 7 N–H and O–H groups in total. The molecule has 0 atom stereocenters. The quantitative estimate of drug-likeness (QED) is 0.0521. The topological polar surface area (TPSA) is 185 Å². The number of hydrogen-bond donors (Lipinski definition) is 7. The molecule has 0 heterocycles. The van der Waals surface area contributed by atoms with Gasteiger partial charge in [-0.1, -0.05) is 36.4 Å². The minimum atomic E-state index is -6.21. The number of amides is 3. The predicted octanol–water partition coefficient (Wildman–Crippen LogP) is 7.98. The minimum absolute atomic E-state index is 0.00449. The second-order valence-corrected chi connectivity index (χ2v) is 12.0. The van der Waals surface area contributed by atoms with Gasteiger partial charge in [0.25, 0.3) is 20.6 Å². The summed E-state index contributed by atoms with van der Waals surface area (Å²) in [5, 5.41) is 35.4. The number of benzene rings is 5. The van der Waals surface area contributed by atoms with Crippen LogP contribution in [-0.2, 0) is 5.41 Å². The van der Waals surface area contributed by atoms with E-state index in [-0.39, 0.29) is 34.7 Å². The van der Waals surface area contributed by atoms with Gasteiger partial charge >= 0.3 is 18.3 Å². The lowest BCUT2D eigenvalue weighted by atomic mass is 9.72. The lowest BCUT2D eigenvalue weighted by Gasteiger charge is -2.38. The highest BCUT2D eigenvalue weighted by Crippen LogP contribution is 2.57. The van der Waals surface area contributed by atoms with Crippen LogP contribution >= 0.6 is 0 Å². The van der Waals surface area contributed by atoms with Crippen LogP contribution in [0.1, 0.15) is 58.1 Å². The van der Waals surface area contributed by atoms with E-state index in [1.54, 1.807) is 13.0 Å². The molecular formula is C38H27F6N3O8. The maximum absolute atomic E-state index is 15.2. The summed E-state index contributed by atoms with van der Waals surface area (Å²) in [6.45, 7) is 1.71. The molecule has 0 spiro atoms. The highest BCUT2D eigenvalue weighted by Gasteiger charge is 2.72. The van der Waals surface area contributed by atoms with Gasteiger partial charge in [-0.25, -0.2) is 4.79 Å². The van der Waals surface area contributed by atoms with E-state index in [0.29, 0.717) is 29.8 Å². The number of aromatic hydroxyl groups is 3. The van der Waals surface area contributed by atoms with Crippen molar-refractivity contribution >= 4 is 40.8 Å². The van der Waals surface area contributed by atoms with Crippen LogP contribution in [0.25, 0.3) is 0 Å². The van der Waals surface area contributed by atoms with Gasteiger partial charge in [-0.05, 0) is 90.3 Å². The van der Waals surface area contributed by atoms with Crippen LogP contribution in [0.2, 0.25) is 0 Å². The first-order chi connectivity index (χ1) is 26.8. The van der Waals surface area contributed by atoms with Gasteiger partial charge in [-0.3, -0.25) is 14.4 Å². The Morgan fingerprint density at radius 1 is 0.564 bits per heavy atom. The summed E-state index contributed by atoms with van der Waals surface area (Å²) in [5.74, 6) is -6.43. The molecule has 11 nitrogen and oxygen atoms in total. The number of phenolic OH excluding ortho intramolecular Hbond substituents is 3. The van der Waals surface area contributed by atoms with E-state index in [9.17, 15) is 29.4 Å². The van der Waals surface area contributed by atoms with Crippen LogP contribution in [0.15, 0.2) is 103 Å². The normalized spacial score (nSPS) is 12.1. The van der Waals surface area contributed by atoms with E-state index in [4.69, 9.17) is 2.86 Å². The average molecular weight is 770 g/mol. The van der Waals surface area contributed by atoms with Gasteiger partial charge in [0.05, 0.1) is 28.2 Å². The number of hydrogen-bond acceptors (Lipinski definition) is 7. The molecule has 0 saturated carbocycles. The Labute approximate surface area is 309 Å². The second-order valence-electron chi connectivity index (χ2n) is 12.0. The predicted molar refractivity (Wildman–Crippen MR) is 186 cm³/mol. The van der Waals surface area contributed by atoms with Gasteiger partial charge in [0.15, 0.2) is 0 Å². The molecule has 0 aliphatic heterocycles. The molecule has 0 aliphatic carbocycles. The summed E-state index contributed by atoms with van der Waals surface area (Å²) in [6.07, 6.45) is -12.4. The van der Waals surface area contributed by atoms with Crippen LogP contribution in [-0.4, -0.2) is 59.3 Å². The molecule has 55 heavy (non-hydrogen) atoms. The third-order valence-electron chi connectivity index (χ3n) is 8.36. The van der Waals surface area contributed by atoms with Crippen molar-refractivity contribution in [3.05, 3.63) is 142 Å². The van der Waals surface area contributed by atoms with Gasteiger partial charge in [-0.15, -0.1) is 0 Å². The number of phenols is 3. The fraction of sp³-hybridized carbons (Fsp3) is 0.105. The summed E-state index contributed by atoms with van der Waals surface area (Å²) in [7, 11) is 0. The van der Waals surface area contributed by atoms with Gasteiger partial charge in [-0.2, -0.15) is 26.3 Å². The molecule has 0 aromatic heterocycles. The zero-order valence-electron chi connectivity index (χ0n) is 29.9. The Morgan fingerprint density at radius 2 is 1.02 bits per heavy atom. The summed E-state index contributed by atoms with van der Waals surface area (Å²) in [4.78, 5) is 51.1. The lowest BCUT2D eigenvalue weighted by molar-refractivity contribution is -0.288. The van der Waals surface area contributed by atoms with Crippen molar-refractivity contribution in [2.45, 2.75) is 24.7 Å². The Morgan fingerprint density at radius 3 is 1.53 bits per heavy atom. The maximum atomic E-state index is 15.2. The third kappa shape index (κ3) is 7.71. The number of halogens is 6. The largest absolute Gasteiger partial charge is 0.506 e. The fourth-order valence-corrected chi connectivity index (χ4v) is 5.70. The fourth-order valence-electron chi connectivity index (χ4n) is 5.70. The molecular weight excluding hydrogens is 740 g/mol. The average Bonchev–Trinajstić information content (AvgIpc) is 3.15. The number of carboxylic acid groups (broad SMARTS) is 1. The van der Waals surface area contributed by atoms with E-state index in [0.717, 1.165) is 18.2 Å². The Hall–Kier alpha value is -7.04. The van der Waals surface area contributed by atoms with E-state index in [2.05, 4.69) is 20.9 Å². The highest BCUT2D eigenvalue weighted by molar-refractivity contribution is 6.11. The number of anilines is 3. The standard InChI is InChI=1S/C38H27F6N3O8/c1-19-9-12-29(48)26(15-19)45-32(51)20-5-4-6-21(16-20)33(52)46-27-17-22(10-13-30(27)49)36(37(39,40)41,38(42,43)44)23-11-14-31(50)28(18-23)47-34(53)24-7-2-3-8-25(24)35(54)55/h2-18,48-50H,1H3,(H,45,51)(H,46,52)(H,47,53)(H,54,55)/i/hD2. The first-order valence-electron chi connectivity index (χ1n) is 16.5. The Kier molecular flexibility index (Phi) is 9.75. The number of carbonyl (C=O) groups excluding carboxylic acids is 3. The van der Waals surface area contributed by atoms with Crippen LogP contribution in [0.4, 0.5) is 43.4 Å². The molecule has 0 radical (unpaired) electrons. The van der Waals surface area contributed by atoms with Crippen LogP contribution < -0.4 is 16.0 Å². The first kappa shape index (κ1) is 36.3. The van der Waals surface area contributed by atoms with Crippen molar-refractivity contribution in [2.24, 2.45) is 0 Å². The van der Waals surface area contributed by atoms with Crippen molar-refractivity contribution < 1.29 is 66.0 Å². The molecule has 5 aromatic carbocycles. The number of carbonyl (C=O) groups is 4. The van der Waals surface area contributed by atoms with E-state index >= 15 is 26.3 Å². The monoisotopic (exact) mass is 769 g/mol. The maximum Gasteiger partial charge on any atom is 0.411 e. The highest BCUT2D eigenvalue weighted by atomic mass is 19.4. The summed E-state index contributed by atoms with van der Waals surface area (Å²) < 4.78 is 106. The Bertz CT molecular complexity index is 2380. The number of carboxylic acids is 1. The van der Waals surface area contributed by atoms with Crippen LogP contribution in [0, 0.1) is 6.92 Å².